The lowest BCUT2D eigenvalue weighted by atomic mass is 10.3. The fourth-order valence-electron chi connectivity index (χ4n) is 1.02. The molecule has 1 heterocycles. The van der Waals surface area contributed by atoms with Gasteiger partial charge in [-0.1, -0.05) is 6.92 Å². The van der Waals surface area contributed by atoms with Crippen molar-refractivity contribution < 1.29 is 8.42 Å². The lowest BCUT2D eigenvalue weighted by Gasteiger charge is -2.10. The molecule has 0 radical (unpaired) electrons. The molecule has 0 saturated carbocycles. The summed E-state index contributed by atoms with van der Waals surface area (Å²) in [6, 6.07) is 3.30. The molecule has 6 heteroatoms. The van der Waals surface area contributed by atoms with Crippen molar-refractivity contribution in [2.45, 2.75) is 37.1 Å². The van der Waals surface area contributed by atoms with Gasteiger partial charge in [-0.25, -0.2) is 13.1 Å². The highest BCUT2D eigenvalue weighted by molar-refractivity contribution is 7.91. The number of hydrogen-bond donors (Lipinski definition) is 2. The van der Waals surface area contributed by atoms with Gasteiger partial charge in [0, 0.05) is 17.5 Å². The van der Waals surface area contributed by atoms with E-state index in [4.69, 9.17) is 5.73 Å². The Morgan fingerprint density at radius 3 is 2.67 bits per heavy atom. The van der Waals surface area contributed by atoms with Crippen molar-refractivity contribution in [2.24, 2.45) is 5.73 Å². The Hall–Kier alpha value is -0.430. The van der Waals surface area contributed by atoms with Gasteiger partial charge >= 0.3 is 0 Å². The second-order valence-electron chi connectivity index (χ2n) is 3.36. The number of sulfonamides is 1. The smallest absolute Gasteiger partial charge is 0.250 e. The predicted molar refractivity (Wildman–Crippen MR) is 62.3 cm³/mol. The Morgan fingerprint density at radius 1 is 1.53 bits per heavy atom. The highest BCUT2D eigenvalue weighted by Crippen LogP contribution is 2.21. The van der Waals surface area contributed by atoms with Crippen molar-refractivity contribution in [1.82, 2.24) is 4.72 Å². The van der Waals surface area contributed by atoms with Crippen molar-refractivity contribution in [1.29, 1.82) is 0 Å². The molecule has 0 aliphatic rings. The van der Waals surface area contributed by atoms with E-state index in [0.717, 1.165) is 11.3 Å². The first-order valence-electron chi connectivity index (χ1n) is 4.80. The van der Waals surface area contributed by atoms with Crippen molar-refractivity contribution in [3.63, 3.8) is 0 Å². The first-order valence-corrected chi connectivity index (χ1v) is 7.10. The van der Waals surface area contributed by atoms with Gasteiger partial charge in [-0.15, -0.1) is 11.3 Å². The minimum atomic E-state index is -3.35. The van der Waals surface area contributed by atoms with Crippen LogP contribution in [0.25, 0.3) is 0 Å². The van der Waals surface area contributed by atoms with Crippen LogP contribution < -0.4 is 10.5 Å². The van der Waals surface area contributed by atoms with Gasteiger partial charge in [-0.2, -0.15) is 0 Å². The maximum atomic E-state index is 11.8. The summed E-state index contributed by atoms with van der Waals surface area (Å²) in [5, 5.41) is 0. The van der Waals surface area contributed by atoms with Gasteiger partial charge in [0.05, 0.1) is 0 Å². The molecule has 1 rings (SSSR count). The minimum absolute atomic E-state index is 0.0431. The average molecular weight is 248 g/mol. The molecule has 1 aromatic heterocycles. The summed E-state index contributed by atoms with van der Waals surface area (Å²) in [5.74, 6) is 0. The van der Waals surface area contributed by atoms with E-state index in [0.29, 0.717) is 10.8 Å². The number of rotatable bonds is 5. The Bertz CT molecular complexity index is 412. The molecule has 1 unspecified atom stereocenters. The molecule has 0 bridgehead atoms. The van der Waals surface area contributed by atoms with E-state index in [2.05, 4.69) is 4.72 Å². The molecule has 1 atom stereocenters. The summed E-state index contributed by atoms with van der Waals surface area (Å²) in [6.45, 7) is 4.16. The third-order valence-electron chi connectivity index (χ3n) is 2.07. The molecule has 0 saturated heterocycles. The van der Waals surface area contributed by atoms with Crippen molar-refractivity contribution in [3.8, 4) is 0 Å². The molecule has 3 N–H and O–H groups in total. The quantitative estimate of drug-likeness (QED) is 0.824. The van der Waals surface area contributed by atoms with Gasteiger partial charge in [0.15, 0.2) is 0 Å². The van der Waals surface area contributed by atoms with Gasteiger partial charge in [0.25, 0.3) is 0 Å². The molecule has 0 spiro atoms. The largest absolute Gasteiger partial charge is 0.326 e. The van der Waals surface area contributed by atoms with Crippen LogP contribution in [0.15, 0.2) is 16.3 Å². The van der Waals surface area contributed by atoms with Crippen molar-refractivity contribution in [3.05, 3.63) is 17.0 Å². The molecule has 0 amide bonds. The van der Waals surface area contributed by atoms with E-state index in [9.17, 15) is 8.42 Å². The third-order valence-corrected chi connectivity index (χ3v) is 5.26. The van der Waals surface area contributed by atoms with E-state index in [-0.39, 0.29) is 6.04 Å². The minimum Gasteiger partial charge on any atom is -0.326 e. The molecule has 86 valence electrons. The van der Waals surface area contributed by atoms with Crippen LogP contribution in [-0.4, -0.2) is 14.5 Å². The van der Waals surface area contributed by atoms with E-state index in [1.165, 1.54) is 11.3 Å². The topological polar surface area (TPSA) is 72.2 Å². The fourth-order valence-corrected chi connectivity index (χ4v) is 3.60. The van der Waals surface area contributed by atoms with E-state index < -0.39 is 10.0 Å². The molecule has 0 aromatic carbocycles. The Kier molecular flexibility index (Phi) is 4.27. The zero-order chi connectivity index (χ0) is 11.5. The average Bonchev–Trinajstić information content (AvgIpc) is 2.65. The summed E-state index contributed by atoms with van der Waals surface area (Å²) in [5.41, 5.74) is 5.43. The Morgan fingerprint density at radius 2 is 2.20 bits per heavy atom. The molecule has 4 nitrogen and oxygen atoms in total. The van der Waals surface area contributed by atoms with Gasteiger partial charge in [-0.05, 0) is 25.5 Å². The number of hydrogen-bond acceptors (Lipinski definition) is 4. The third kappa shape index (κ3) is 3.27. The van der Waals surface area contributed by atoms with E-state index >= 15 is 0 Å². The summed E-state index contributed by atoms with van der Waals surface area (Å²) < 4.78 is 26.5. The molecule has 0 fully saturated rings. The molecular weight excluding hydrogens is 232 g/mol. The van der Waals surface area contributed by atoms with Gasteiger partial charge < -0.3 is 5.73 Å². The summed E-state index contributed by atoms with van der Waals surface area (Å²) in [6.07, 6.45) is 0.772. The second-order valence-corrected chi connectivity index (χ2v) is 6.46. The Balaban J connectivity index is 2.86. The summed E-state index contributed by atoms with van der Waals surface area (Å²) in [4.78, 5) is 0.875. The van der Waals surface area contributed by atoms with Crippen LogP contribution in [-0.2, 0) is 16.6 Å². The molecule has 1 aromatic rings. The van der Waals surface area contributed by atoms with Crippen molar-refractivity contribution in [2.75, 3.05) is 0 Å². The molecule has 15 heavy (non-hydrogen) atoms. The molecular formula is C9H16N2O2S2. The van der Waals surface area contributed by atoms with Crippen LogP contribution in [0.4, 0.5) is 0 Å². The predicted octanol–water partition coefficient (Wildman–Crippen LogP) is 1.28. The maximum absolute atomic E-state index is 11.8. The van der Waals surface area contributed by atoms with Crippen LogP contribution in [0.3, 0.4) is 0 Å². The lowest BCUT2D eigenvalue weighted by molar-refractivity contribution is 0.558. The zero-order valence-corrected chi connectivity index (χ0v) is 10.5. The zero-order valence-electron chi connectivity index (χ0n) is 8.86. The molecule has 0 aliphatic heterocycles. The first-order chi connectivity index (χ1) is 6.99. The fraction of sp³-hybridized carbons (Fsp3) is 0.556. The van der Waals surface area contributed by atoms with Crippen LogP contribution in [0.2, 0.25) is 0 Å². The monoisotopic (exact) mass is 248 g/mol. The van der Waals surface area contributed by atoms with Crippen LogP contribution in [0.1, 0.15) is 25.1 Å². The number of nitrogens with two attached hydrogens (primary N) is 1. The highest BCUT2D eigenvalue weighted by Gasteiger charge is 2.18. The van der Waals surface area contributed by atoms with E-state index in [1.54, 1.807) is 12.1 Å². The standard InChI is InChI=1S/C9H16N2O2S2/c1-3-7(2)11-15(12,13)9-5-4-8(6-10)14-9/h4-5,7,11H,3,6,10H2,1-2H3. The Labute approximate surface area is 94.5 Å². The van der Waals surface area contributed by atoms with Crippen LogP contribution >= 0.6 is 11.3 Å². The second kappa shape index (κ2) is 5.07. The van der Waals surface area contributed by atoms with Gasteiger partial charge in [0.2, 0.25) is 10.0 Å². The first kappa shape index (κ1) is 12.6. The summed E-state index contributed by atoms with van der Waals surface area (Å²) in [7, 11) is -3.35. The summed E-state index contributed by atoms with van der Waals surface area (Å²) >= 11 is 1.22. The normalized spacial score (nSPS) is 14.1. The van der Waals surface area contributed by atoms with Crippen molar-refractivity contribution >= 4 is 21.4 Å². The van der Waals surface area contributed by atoms with E-state index in [1.807, 2.05) is 13.8 Å². The van der Waals surface area contributed by atoms with Gasteiger partial charge in [-0.3, -0.25) is 0 Å². The van der Waals surface area contributed by atoms with Crippen LogP contribution in [0.5, 0.6) is 0 Å². The highest BCUT2D eigenvalue weighted by atomic mass is 32.2. The maximum Gasteiger partial charge on any atom is 0.250 e. The SMILES string of the molecule is CCC(C)NS(=O)(=O)c1ccc(CN)s1. The lowest BCUT2D eigenvalue weighted by Crippen LogP contribution is -2.31. The molecule has 0 aliphatic carbocycles. The van der Waals surface area contributed by atoms with Crippen LogP contribution in [0, 0.1) is 0 Å². The van der Waals surface area contributed by atoms with Gasteiger partial charge in [0.1, 0.15) is 4.21 Å². The number of nitrogens with one attached hydrogen (secondary N) is 1. The number of thiophene rings is 1.